The lowest BCUT2D eigenvalue weighted by Gasteiger charge is -2.30. The summed E-state index contributed by atoms with van der Waals surface area (Å²) in [6.45, 7) is 3.24. The summed E-state index contributed by atoms with van der Waals surface area (Å²) in [7, 11) is 4.16. The molecular formula is C14H23N3. The van der Waals surface area contributed by atoms with E-state index in [2.05, 4.69) is 48.2 Å². The largest absolute Gasteiger partial charge is 0.378 e. The molecule has 1 atom stereocenters. The standard InChI is InChI=1S/C14H23N3/c1-16(2)14-7-3-5-12(9-14)10-17-8-4-6-13(15)11-17/h3,5,7,9,13H,4,6,8,10-11,15H2,1-2H3/t13-/m1/s1. The maximum Gasteiger partial charge on any atom is 0.0364 e. The highest BCUT2D eigenvalue weighted by atomic mass is 15.1. The van der Waals surface area contributed by atoms with Crippen molar-refractivity contribution in [2.45, 2.75) is 25.4 Å². The molecule has 0 saturated carbocycles. The Morgan fingerprint density at radius 1 is 1.41 bits per heavy atom. The number of rotatable bonds is 3. The topological polar surface area (TPSA) is 32.5 Å². The van der Waals surface area contributed by atoms with Crippen LogP contribution in [-0.2, 0) is 6.54 Å². The Kier molecular flexibility index (Phi) is 4.02. The van der Waals surface area contributed by atoms with Gasteiger partial charge in [-0.05, 0) is 37.1 Å². The van der Waals surface area contributed by atoms with E-state index < -0.39 is 0 Å². The number of likely N-dealkylation sites (tertiary alicyclic amines) is 1. The van der Waals surface area contributed by atoms with Crippen molar-refractivity contribution >= 4 is 5.69 Å². The van der Waals surface area contributed by atoms with Crippen molar-refractivity contribution in [3.63, 3.8) is 0 Å². The maximum atomic E-state index is 6.01. The quantitative estimate of drug-likeness (QED) is 0.862. The summed E-state index contributed by atoms with van der Waals surface area (Å²) in [5, 5.41) is 0. The highest BCUT2D eigenvalue weighted by Gasteiger charge is 2.16. The third-order valence-corrected chi connectivity index (χ3v) is 3.38. The Balaban J connectivity index is 2.00. The van der Waals surface area contributed by atoms with Gasteiger partial charge in [-0.25, -0.2) is 0 Å². The summed E-state index contributed by atoms with van der Waals surface area (Å²) < 4.78 is 0. The van der Waals surface area contributed by atoms with Crippen LogP contribution in [0.4, 0.5) is 5.69 Å². The van der Waals surface area contributed by atoms with Gasteiger partial charge in [0, 0.05) is 38.9 Å². The molecule has 3 heteroatoms. The van der Waals surface area contributed by atoms with Gasteiger partial charge >= 0.3 is 0 Å². The predicted molar refractivity (Wildman–Crippen MR) is 73.3 cm³/mol. The van der Waals surface area contributed by atoms with Crippen LogP contribution in [0.2, 0.25) is 0 Å². The number of benzene rings is 1. The predicted octanol–water partition coefficient (Wildman–Crippen LogP) is 1.68. The van der Waals surface area contributed by atoms with Gasteiger partial charge < -0.3 is 10.6 Å². The number of hydrogen-bond donors (Lipinski definition) is 1. The van der Waals surface area contributed by atoms with Crippen molar-refractivity contribution in [3.05, 3.63) is 29.8 Å². The molecule has 1 aromatic carbocycles. The molecule has 2 N–H and O–H groups in total. The Morgan fingerprint density at radius 3 is 2.94 bits per heavy atom. The molecule has 1 heterocycles. The summed E-state index contributed by atoms with van der Waals surface area (Å²) in [6, 6.07) is 9.11. The van der Waals surface area contributed by atoms with Crippen LogP contribution in [0.1, 0.15) is 18.4 Å². The first-order valence-electron chi connectivity index (χ1n) is 6.39. The zero-order chi connectivity index (χ0) is 12.3. The van der Waals surface area contributed by atoms with Gasteiger partial charge in [0.25, 0.3) is 0 Å². The van der Waals surface area contributed by atoms with Crippen molar-refractivity contribution in [3.8, 4) is 0 Å². The van der Waals surface area contributed by atoms with E-state index in [9.17, 15) is 0 Å². The third kappa shape index (κ3) is 3.45. The lowest BCUT2D eigenvalue weighted by molar-refractivity contribution is 0.201. The summed E-state index contributed by atoms with van der Waals surface area (Å²) in [4.78, 5) is 4.61. The first kappa shape index (κ1) is 12.4. The van der Waals surface area contributed by atoms with Crippen LogP contribution in [0.15, 0.2) is 24.3 Å². The Hall–Kier alpha value is -1.06. The van der Waals surface area contributed by atoms with Crippen LogP contribution < -0.4 is 10.6 Å². The van der Waals surface area contributed by atoms with Gasteiger partial charge in [-0.1, -0.05) is 12.1 Å². The van der Waals surface area contributed by atoms with E-state index in [-0.39, 0.29) is 0 Å². The number of nitrogens with zero attached hydrogens (tertiary/aromatic N) is 2. The summed E-state index contributed by atoms with van der Waals surface area (Å²) >= 11 is 0. The zero-order valence-corrected chi connectivity index (χ0v) is 10.9. The van der Waals surface area contributed by atoms with Gasteiger partial charge in [0.05, 0.1) is 0 Å². The molecule has 94 valence electrons. The van der Waals surface area contributed by atoms with Gasteiger partial charge in [-0.15, -0.1) is 0 Å². The minimum atomic E-state index is 0.362. The monoisotopic (exact) mass is 233 g/mol. The molecule has 0 bridgehead atoms. The van der Waals surface area contributed by atoms with Crippen LogP contribution in [0.25, 0.3) is 0 Å². The highest BCUT2D eigenvalue weighted by Crippen LogP contribution is 2.17. The maximum absolute atomic E-state index is 6.01. The summed E-state index contributed by atoms with van der Waals surface area (Å²) in [5.74, 6) is 0. The smallest absolute Gasteiger partial charge is 0.0364 e. The second kappa shape index (κ2) is 5.52. The van der Waals surface area contributed by atoms with Crippen molar-refractivity contribution in [2.24, 2.45) is 5.73 Å². The van der Waals surface area contributed by atoms with Gasteiger partial charge in [0.2, 0.25) is 0 Å². The normalized spacial score (nSPS) is 21.5. The second-order valence-corrected chi connectivity index (χ2v) is 5.20. The molecule has 17 heavy (non-hydrogen) atoms. The SMILES string of the molecule is CN(C)c1cccc(CN2CCC[C@@H](N)C2)c1. The van der Waals surface area contributed by atoms with E-state index in [1.165, 1.54) is 30.6 Å². The minimum Gasteiger partial charge on any atom is -0.378 e. The van der Waals surface area contributed by atoms with Gasteiger partial charge in [-0.3, -0.25) is 4.90 Å². The van der Waals surface area contributed by atoms with Crippen molar-refractivity contribution in [1.29, 1.82) is 0 Å². The van der Waals surface area contributed by atoms with Crippen molar-refractivity contribution < 1.29 is 0 Å². The molecule has 0 radical (unpaired) electrons. The Morgan fingerprint density at radius 2 is 2.24 bits per heavy atom. The minimum absolute atomic E-state index is 0.362. The van der Waals surface area contributed by atoms with E-state index in [0.29, 0.717) is 6.04 Å². The average molecular weight is 233 g/mol. The van der Waals surface area contributed by atoms with Crippen LogP contribution >= 0.6 is 0 Å². The molecule has 1 fully saturated rings. The Bertz CT molecular complexity index is 362. The van der Waals surface area contributed by atoms with Crippen LogP contribution in [0.3, 0.4) is 0 Å². The van der Waals surface area contributed by atoms with E-state index in [1.54, 1.807) is 0 Å². The molecule has 1 aliphatic rings. The average Bonchev–Trinajstić information content (AvgIpc) is 2.29. The van der Waals surface area contributed by atoms with E-state index in [1.807, 2.05) is 0 Å². The molecule has 0 spiro atoms. The van der Waals surface area contributed by atoms with Crippen LogP contribution in [-0.4, -0.2) is 38.1 Å². The fraction of sp³-hybridized carbons (Fsp3) is 0.571. The number of nitrogens with two attached hydrogens (primary N) is 1. The zero-order valence-electron chi connectivity index (χ0n) is 10.9. The summed E-state index contributed by atoms with van der Waals surface area (Å²) in [6.07, 6.45) is 2.41. The lowest BCUT2D eigenvalue weighted by Crippen LogP contribution is -2.42. The molecular weight excluding hydrogens is 210 g/mol. The molecule has 1 aromatic rings. The molecule has 1 aliphatic heterocycles. The fourth-order valence-corrected chi connectivity index (χ4v) is 2.43. The molecule has 1 saturated heterocycles. The molecule has 3 nitrogen and oxygen atoms in total. The van der Waals surface area contributed by atoms with E-state index in [0.717, 1.165) is 13.1 Å². The molecule has 2 rings (SSSR count). The second-order valence-electron chi connectivity index (χ2n) is 5.20. The van der Waals surface area contributed by atoms with Crippen LogP contribution in [0, 0.1) is 0 Å². The third-order valence-electron chi connectivity index (χ3n) is 3.38. The first-order valence-corrected chi connectivity index (χ1v) is 6.39. The Labute approximate surface area is 104 Å². The molecule has 0 amide bonds. The number of piperidine rings is 1. The highest BCUT2D eigenvalue weighted by molar-refractivity contribution is 5.47. The van der Waals surface area contributed by atoms with Gasteiger partial charge in [-0.2, -0.15) is 0 Å². The van der Waals surface area contributed by atoms with E-state index in [4.69, 9.17) is 5.73 Å². The van der Waals surface area contributed by atoms with Gasteiger partial charge in [0.1, 0.15) is 0 Å². The van der Waals surface area contributed by atoms with Crippen molar-refractivity contribution in [2.75, 3.05) is 32.1 Å². The number of hydrogen-bond acceptors (Lipinski definition) is 3. The molecule has 0 aliphatic carbocycles. The van der Waals surface area contributed by atoms with Gasteiger partial charge in [0.15, 0.2) is 0 Å². The van der Waals surface area contributed by atoms with Crippen LogP contribution in [0.5, 0.6) is 0 Å². The lowest BCUT2D eigenvalue weighted by atomic mass is 10.1. The first-order chi connectivity index (χ1) is 8.15. The molecule has 0 unspecified atom stereocenters. The fourth-order valence-electron chi connectivity index (χ4n) is 2.43. The summed E-state index contributed by atoms with van der Waals surface area (Å²) in [5.41, 5.74) is 8.65. The van der Waals surface area contributed by atoms with Crippen molar-refractivity contribution in [1.82, 2.24) is 4.90 Å². The number of anilines is 1. The van der Waals surface area contributed by atoms with E-state index >= 15 is 0 Å². The molecule has 0 aromatic heterocycles.